The highest BCUT2D eigenvalue weighted by molar-refractivity contribution is 7.16. The van der Waals surface area contributed by atoms with E-state index in [4.69, 9.17) is 14.2 Å². The molecule has 8 heteroatoms. The summed E-state index contributed by atoms with van der Waals surface area (Å²) in [5, 5.41) is 0. The number of hydrogen-bond acceptors (Lipinski definition) is 6. The van der Waals surface area contributed by atoms with Gasteiger partial charge in [0.05, 0.1) is 37.5 Å². The number of aromatic nitrogens is 1. The highest BCUT2D eigenvalue weighted by atomic mass is 32.1. The second-order valence-corrected chi connectivity index (χ2v) is 8.07. The highest BCUT2D eigenvalue weighted by Gasteiger charge is 2.16. The van der Waals surface area contributed by atoms with Crippen molar-refractivity contribution < 1.29 is 23.8 Å². The summed E-state index contributed by atoms with van der Waals surface area (Å²) in [5.74, 6) is 0.404. The van der Waals surface area contributed by atoms with Gasteiger partial charge in [-0.25, -0.2) is 0 Å². The van der Waals surface area contributed by atoms with E-state index in [9.17, 15) is 9.59 Å². The zero-order chi connectivity index (χ0) is 22.5. The van der Waals surface area contributed by atoms with Crippen molar-refractivity contribution in [1.82, 2.24) is 4.57 Å². The van der Waals surface area contributed by atoms with Gasteiger partial charge in [-0.3, -0.25) is 9.59 Å². The van der Waals surface area contributed by atoms with E-state index in [2.05, 4.69) is 4.99 Å². The number of methoxy groups -OCH3 is 2. The standard InChI is InChI=1S/C23H26N2O5S/c1-6-30-22(27)13-25-17-11-18(28-4)19(29-5)12-20(17)31-23(25)24-21(26)10-16-8-7-14(2)9-15(16)3/h7-9,11-12H,6,10,13H2,1-5H3. The van der Waals surface area contributed by atoms with Crippen molar-refractivity contribution >= 4 is 33.4 Å². The van der Waals surface area contributed by atoms with E-state index in [1.54, 1.807) is 31.8 Å². The monoisotopic (exact) mass is 442 g/mol. The fourth-order valence-electron chi connectivity index (χ4n) is 3.32. The van der Waals surface area contributed by atoms with E-state index < -0.39 is 5.97 Å². The van der Waals surface area contributed by atoms with Crippen molar-refractivity contribution in [3.8, 4) is 11.5 Å². The number of carbonyl (C=O) groups is 2. The fraction of sp³-hybridized carbons (Fsp3) is 0.348. The van der Waals surface area contributed by atoms with Crippen LogP contribution < -0.4 is 14.3 Å². The molecule has 0 aliphatic rings. The summed E-state index contributed by atoms with van der Waals surface area (Å²) in [6.45, 7) is 5.96. The lowest BCUT2D eigenvalue weighted by Crippen LogP contribution is -2.23. The zero-order valence-electron chi connectivity index (χ0n) is 18.4. The molecular formula is C23H26N2O5S. The SMILES string of the molecule is CCOC(=O)Cn1c(=NC(=O)Cc2ccc(C)cc2C)sc2cc(OC)c(OC)cc21. The summed E-state index contributed by atoms with van der Waals surface area (Å²) in [7, 11) is 3.10. The first-order valence-electron chi connectivity index (χ1n) is 9.91. The van der Waals surface area contributed by atoms with Crippen LogP contribution in [-0.2, 0) is 27.3 Å². The summed E-state index contributed by atoms with van der Waals surface area (Å²) in [4.78, 5) is 29.7. The Labute approximate surface area is 184 Å². The Morgan fingerprint density at radius 2 is 1.77 bits per heavy atom. The van der Waals surface area contributed by atoms with Crippen LogP contribution in [0.15, 0.2) is 35.3 Å². The van der Waals surface area contributed by atoms with E-state index in [1.165, 1.54) is 11.3 Å². The molecule has 164 valence electrons. The quantitative estimate of drug-likeness (QED) is 0.523. The number of hydrogen-bond donors (Lipinski definition) is 0. The molecule has 0 radical (unpaired) electrons. The van der Waals surface area contributed by atoms with E-state index in [-0.39, 0.29) is 25.5 Å². The number of nitrogens with zero attached hydrogens (tertiary/aromatic N) is 2. The van der Waals surface area contributed by atoms with Crippen LogP contribution in [0.2, 0.25) is 0 Å². The molecule has 1 heterocycles. The second kappa shape index (κ2) is 9.78. The van der Waals surface area contributed by atoms with Crippen molar-refractivity contribution in [3.05, 3.63) is 51.8 Å². The van der Waals surface area contributed by atoms with Crippen LogP contribution in [0.3, 0.4) is 0 Å². The molecule has 31 heavy (non-hydrogen) atoms. The maximum atomic E-state index is 12.8. The average molecular weight is 443 g/mol. The highest BCUT2D eigenvalue weighted by Crippen LogP contribution is 2.33. The first kappa shape index (κ1) is 22.6. The van der Waals surface area contributed by atoms with Gasteiger partial charge in [0.1, 0.15) is 6.54 Å². The third kappa shape index (κ3) is 5.14. The van der Waals surface area contributed by atoms with E-state index in [0.29, 0.717) is 21.8 Å². The van der Waals surface area contributed by atoms with E-state index in [1.807, 2.05) is 38.1 Å². The van der Waals surface area contributed by atoms with Crippen LogP contribution >= 0.6 is 11.3 Å². The van der Waals surface area contributed by atoms with Crippen molar-refractivity contribution in [2.45, 2.75) is 33.7 Å². The minimum atomic E-state index is -0.403. The molecule has 0 atom stereocenters. The maximum absolute atomic E-state index is 12.8. The molecular weight excluding hydrogens is 416 g/mol. The van der Waals surface area contributed by atoms with Crippen LogP contribution in [0.25, 0.3) is 10.2 Å². The first-order chi connectivity index (χ1) is 14.9. The summed E-state index contributed by atoms with van der Waals surface area (Å²) in [5.41, 5.74) is 3.84. The van der Waals surface area contributed by atoms with Gasteiger partial charge >= 0.3 is 5.97 Å². The summed E-state index contributed by atoms with van der Waals surface area (Å²) in [6.07, 6.45) is 0.187. The van der Waals surface area contributed by atoms with Crippen LogP contribution in [0.1, 0.15) is 23.6 Å². The van der Waals surface area contributed by atoms with Gasteiger partial charge in [0, 0.05) is 12.1 Å². The van der Waals surface area contributed by atoms with Gasteiger partial charge in [0.25, 0.3) is 5.91 Å². The minimum Gasteiger partial charge on any atom is -0.493 e. The summed E-state index contributed by atoms with van der Waals surface area (Å²) >= 11 is 1.31. The summed E-state index contributed by atoms with van der Waals surface area (Å²) in [6, 6.07) is 9.56. The molecule has 3 aromatic rings. The molecule has 1 amide bonds. The largest absolute Gasteiger partial charge is 0.493 e. The Balaban J connectivity index is 2.07. The minimum absolute atomic E-state index is 0.0566. The predicted octanol–water partition coefficient (Wildman–Crippen LogP) is 3.57. The fourth-order valence-corrected chi connectivity index (χ4v) is 4.38. The average Bonchev–Trinajstić information content (AvgIpc) is 3.04. The molecule has 0 aliphatic carbocycles. The van der Waals surface area contributed by atoms with Crippen molar-refractivity contribution in [1.29, 1.82) is 0 Å². The molecule has 0 aliphatic heterocycles. The lowest BCUT2D eigenvalue weighted by atomic mass is 10.0. The van der Waals surface area contributed by atoms with Crippen LogP contribution in [0, 0.1) is 13.8 Å². The number of thiazole rings is 1. The van der Waals surface area contributed by atoms with Gasteiger partial charge in [0.2, 0.25) is 0 Å². The lowest BCUT2D eigenvalue weighted by molar-refractivity contribution is -0.143. The number of benzene rings is 2. The van der Waals surface area contributed by atoms with Crippen molar-refractivity contribution in [2.75, 3.05) is 20.8 Å². The van der Waals surface area contributed by atoms with Crippen molar-refractivity contribution in [2.24, 2.45) is 4.99 Å². The number of aryl methyl sites for hydroxylation is 2. The van der Waals surface area contributed by atoms with Gasteiger partial charge in [-0.1, -0.05) is 35.1 Å². The zero-order valence-corrected chi connectivity index (χ0v) is 19.2. The number of rotatable bonds is 7. The van der Waals surface area contributed by atoms with Crippen LogP contribution in [0.4, 0.5) is 0 Å². The molecule has 7 nitrogen and oxygen atoms in total. The van der Waals surface area contributed by atoms with Crippen LogP contribution in [-0.4, -0.2) is 37.3 Å². The second-order valence-electron chi connectivity index (χ2n) is 7.06. The number of carbonyl (C=O) groups excluding carboxylic acids is 2. The molecule has 3 rings (SSSR count). The smallest absolute Gasteiger partial charge is 0.326 e. The van der Waals surface area contributed by atoms with Crippen molar-refractivity contribution in [3.63, 3.8) is 0 Å². The van der Waals surface area contributed by atoms with Crippen LogP contribution in [0.5, 0.6) is 11.5 Å². The molecule has 2 aromatic carbocycles. The van der Waals surface area contributed by atoms with E-state index >= 15 is 0 Å². The molecule has 0 saturated heterocycles. The van der Waals surface area contributed by atoms with Gasteiger partial charge in [-0.2, -0.15) is 4.99 Å². The predicted molar refractivity (Wildman–Crippen MR) is 120 cm³/mol. The third-order valence-electron chi connectivity index (χ3n) is 4.84. The number of amides is 1. The molecule has 0 spiro atoms. The molecule has 1 aromatic heterocycles. The molecule has 0 bridgehead atoms. The third-order valence-corrected chi connectivity index (χ3v) is 5.88. The Morgan fingerprint density at radius 3 is 2.42 bits per heavy atom. The molecule has 0 fully saturated rings. The molecule has 0 N–H and O–H groups in total. The van der Waals surface area contributed by atoms with E-state index in [0.717, 1.165) is 21.4 Å². The summed E-state index contributed by atoms with van der Waals surface area (Å²) < 4.78 is 18.4. The topological polar surface area (TPSA) is 79.1 Å². The lowest BCUT2D eigenvalue weighted by Gasteiger charge is -2.09. The van der Waals surface area contributed by atoms with Gasteiger partial charge < -0.3 is 18.8 Å². The normalized spacial score (nSPS) is 11.6. The Morgan fingerprint density at radius 1 is 1.06 bits per heavy atom. The number of fused-ring (bicyclic) bond motifs is 1. The maximum Gasteiger partial charge on any atom is 0.326 e. The molecule has 0 saturated carbocycles. The Kier molecular flexibility index (Phi) is 7.12. The number of esters is 1. The van der Waals surface area contributed by atoms with Gasteiger partial charge in [-0.15, -0.1) is 0 Å². The van der Waals surface area contributed by atoms with Gasteiger partial charge in [-0.05, 0) is 31.9 Å². The number of ether oxygens (including phenoxy) is 3. The Hall–Kier alpha value is -3.13. The molecule has 0 unspecified atom stereocenters. The Bertz CT molecular complexity index is 1190. The first-order valence-corrected chi connectivity index (χ1v) is 10.7. The van der Waals surface area contributed by atoms with Gasteiger partial charge in [0.15, 0.2) is 16.3 Å².